The summed E-state index contributed by atoms with van der Waals surface area (Å²) in [5.41, 5.74) is 0.265. The van der Waals surface area contributed by atoms with Crippen LogP contribution in [0.5, 0.6) is 0 Å². The van der Waals surface area contributed by atoms with Gasteiger partial charge in [-0.05, 0) is 30.9 Å². The summed E-state index contributed by atoms with van der Waals surface area (Å²) in [4.78, 5) is 23.5. The Morgan fingerprint density at radius 1 is 1.48 bits per heavy atom. The Bertz CT molecular complexity index is 538. The van der Waals surface area contributed by atoms with Crippen molar-refractivity contribution in [2.75, 3.05) is 31.7 Å². The smallest absolute Gasteiger partial charge is 0.335 e. The molecule has 0 unspecified atom stereocenters. The van der Waals surface area contributed by atoms with Crippen molar-refractivity contribution in [2.24, 2.45) is 5.92 Å². The number of nitro benzene ring substituents is 1. The van der Waals surface area contributed by atoms with Crippen molar-refractivity contribution in [3.63, 3.8) is 0 Å². The van der Waals surface area contributed by atoms with Gasteiger partial charge >= 0.3 is 5.97 Å². The van der Waals surface area contributed by atoms with Crippen LogP contribution in [0.15, 0.2) is 18.2 Å². The van der Waals surface area contributed by atoms with Crippen LogP contribution in [0.25, 0.3) is 0 Å². The van der Waals surface area contributed by atoms with Crippen LogP contribution < -0.4 is 4.90 Å². The number of anilines is 1. The van der Waals surface area contributed by atoms with Crippen LogP contribution in [0.4, 0.5) is 11.4 Å². The number of carbonyl (C=O) groups is 1. The number of carboxylic acids is 1. The normalized spacial score (nSPS) is 16.0. The lowest BCUT2D eigenvalue weighted by Gasteiger charge is -2.33. The molecule has 1 heterocycles. The Hall–Kier alpha value is -2.15. The van der Waals surface area contributed by atoms with E-state index >= 15 is 0 Å². The topological polar surface area (TPSA) is 92.9 Å². The molecule has 7 nitrogen and oxygen atoms in total. The predicted octanol–water partition coefficient (Wildman–Crippen LogP) is 2.16. The minimum Gasteiger partial charge on any atom is -0.478 e. The second kappa shape index (κ2) is 6.53. The maximum absolute atomic E-state index is 11.2. The highest BCUT2D eigenvalue weighted by atomic mass is 16.6. The molecule has 0 bridgehead atoms. The Morgan fingerprint density at radius 3 is 2.67 bits per heavy atom. The lowest BCUT2D eigenvalue weighted by Crippen LogP contribution is -2.35. The second-order valence-corrected chi connectivity index (χ2v) is 5.15. The molecular weight excluding hydrogens is 276 g/mol. The number of aromatic carboxylic acids is 1. The standard InChI is InChI=1S/C14H18N2O5/c1-21-9-10-4-6-15(7-5-10)12-3-2-11(14(17)18)8-13(12)16(19)20/h2-3,8,10H,4-7,9H2,1H3,(H,17,18). The second-order valence-electron chi connectivity index (χ2n) is 5.15. The van der Waals surface area contributed by atoms with Crippen molar-refractivity contribution in [2.45, 2.75) is 12.8 Å². The molecule has 114 valence electrons. The van der Waals surface area contributed by atoms with Gasteiger partial charge in [-0.1, -0.05) is 0 Å². The molecule has 1 aromatic carbocycles. The maximum Gasteiger partial charge on any atom is 0.335 e. The lowest BCUT2D eigenvalue weighted by molar-refractivity contribution is -0.384. The first-order chi connectivity index (χ1) is 10.0. The Labute approximate surface area is 122 Å². The van der Waals surface area contributed by atoms with Gasteiger partial charge in [0.1, 0.15) is 5.69 Å². The van der Waals surface area contributed by atoms with Gasteiger partial charge in [-0.25, -0.2) is 4.79 Å². The van der Waals surface area contributed by atoms with Gasteiger partial charge in [-0.2, -0.15) is 0 Å². The van der Waals surface area contributed by atoms with E-state index in [1.165, 1.54) is 12.1 Å². The van der Waals surface area contributed by atoms with E-state index < -0.39 is 10.9 Å². The van der Waals surface area contributed by atoms with Crippen LogP contribution in [0, 0.1) is 16.0 Å². The van der Waals surface area contributed by atoms with Gasteiger partial charge in [0, 0.05) is 32.9 Å². The summed E-state index contributed by atoms with van der Waals surface area (Å²) in [7, 11) is 1.67. The first-order valence-electron chi connectivity index (χ1n) is 6.78. The van der Waals surface area contributed by atoms with Crippen LogP contribution >= 0.6 is 0 Å². The largest absolute Gasteiger partial charge is 0.478 e. The lowest BCUT2D eigenvalue weighted by atomic mass is 9.97. The zero-order valence-electron chi connectivity index (χ0n) is 11.8. The average Bonchev–Trinajstić information content (AvgIpc) is 2.47. The molecule has 0 radical (unpaired) electrons. The van der Waals surface area contributed by atoms with Crippen molar-refractivity contribution >= 4 is 17.3 Å². The molecule has 1 aliphatic rings. The van der Waals surface area contributed by atoms with Crippen LogP contribution in [-0.4, -0.2) is 42.8 Å². The summed E-state index contributed by atoms with van der Waals surface area (Å²) < 4.78 is 5.13. The molecule has 21 heavy (non-hydrogen) atoms. The van der Waals surface area contributed by atoms with Crippen LogP contribution in [0.1, 0.15) is 23.2 Å². The van der Waals surface area contributed by atoms with Crippen molar-refractivity contribution in [3.8, 4) is 0 Å². The SMILES string of the molecule is COCC1CCN(c2ccc(C(=O)O)cc2[N+](=O)[O-])CC1. The zero-order chi connectivity index (χ0) is 15.4. The number of nitrogens with zero attached hydrogens (tertiary/aromatic N) is 2. The minimum absolute atomic E-state index is 0.0697. The third-order valence-electron chi connectivity index (χ3n) is 3.78. The monoisotopic (exact) mass is 294 g/mol. The fraction of sp³-hybridized carbons (Fsp3) is 0.500. The number of hydrogen-bond donors (Lipinski definition) is 1. The van der Waals surface area contributed by atoms with Gasteiger partial charge in [0.05, 0.1) is 10.5 Å². The number of hydrogen-bond acceptors (Lipinski definition) is 5. The fourth-order valence-corrected chi connectivity index (χ4v) is 2.65. The van der Waals surface area contributed by atoms with Crippen LogP contribution in [-0.2, 0) is 4.74 Å². The van der Waals surface area contributed by atoms with Gasteiger partial charge in [0.2, 0.25) is 0 Å². The van der Waals surface area contributed by atoms with E-state index in [9.17, 15) is 14.9 Å². The molecule has 1 fully saturated rings. The van der Waals surface area contributed by atoms with Crippen molar-refractivity contribution in [3.05, 3.63) is 33.9 Å². The average molecular weight is 294 g/mol. The van der Waals surface area contributed by atoms with E-state index in [0.717, 1.165) is 18.9 Å². The van der Waals surface area contributed by atoms with Crippen molar-refractivity contribution in [1.82, 2.24) is 0 Å². The van der Waals surface area contributed by atoms with Gasteiger partial charge in [-0.15, -0.1) is 0 Å². The Kier molecular flexibility index (Phi) is 4.74. The van der Waals surface area contributed by atoms with Crippen LogP contribution in [0.3, 0.4) is 0 Å². The highest BCUT2D eigenvalue weighted by Gasteiger charge is 2.25. The first-order valence-corrected chi connectivity index (χ1v) is 6.78. The highest BCUT2D eigenvalue weighted by molar-refractivity contribution is 5.89. The van der Waals surface area contributed by atoms with E-state index in [1.54, 1.807) is 7.11 Å². The van der Waals surface area contributed by atoms with Crippen LogP contribution in [0.2, 0.25) is 0 Å². The van der Waals surface area contributed by atoms with E-state index in [4.69, 9.17) is 9.84 Å². The molecule has 0 amide bonds. The van der Waals surface area contributed by atoms with E-state index in [2.05, 4.69) is 0 Å². The summed E-state index contributed by atoms with van der Waals surface area (Å²) in [6, 6.07) is 4.06. The van der Waals surface area contributed by atoms with E-state index in [0.29, 0.717) is 31.3 Å². The number of carboxylic acid groups (broad SMARTS) is 1. The Morgan fingerprint density at radius 2 is 2.14 bits per heavy atom. The number of nitro groups is 1. The van der Waals surface area contributed by atoms with Gasteiger partial charge < -0.3 is 14.7 Å². The highest BCUT2D eigenvalue weighted by Crippen LogP contribution is 2.32. The third kappa shape index (κ3) is 3.49. The van der Waals surface area contributed by atoms with E-state index in [1.807, 2.05) is 4.90 Å². The minimum atomic E-state index is -1.16. The summed E-state index contributed by atoms with van der Waals surface area (Å²) >= 11 is 0. The Balaban J connectivity index is 2.20. The molecule has 2 rings (SSSR count). The zero-order valence-corrected chi connectivity index (χ0v) is 11.8. The summed E-state index contributed by atoms with van der Waals surface area (Å²) in [5.74, 6) is -0.688. The fourth-order valence-electron chi connectivity index (χ4n) is 2.65. The van der Waals surface area contributed by atoms with Gasteiger partial charge in [0.15, 0.2) is 0 Å². The number of piperidine rings is 1. The molecule has 7 heteroatoms. The molecule has 1 aromatic rings. The third-order valence-corrected chi connectivity index (χ3v) is 3.78. The first kappa shape index (κ1) is 15.2. The number of methoxy groups -OCH3 is 1. The predicted molar refractivity (Wildman–Crippen MR) is 76.9 cm³/mol. The summed E-state index contributed by atoms with van der Waals surface area (Å²) in [6.45, 7) is 2.12. The van der Waals surface area contributed by atoms with Gasteiger partial charge in [-0.3, -0.25) is 10.1 Å². The summed E-state index contributed by atoms with van der Waals surface area (Å²) in [6.07, 6.45) is 1.82. The number of ether oxygens (including phenoxy) is 1. The molecule has 0 aliphatic carbocycles. The molecule has 0 atom stereocenters. The number of rotatable bonds is 5. The quantitative estimate of drug-likeness (QED) is 0.660. The van der Waals surface area contributed by atoms with E-state index in [-0.39, 0.29) is 11.3 Å². The molecule has 0 aromatic heterocycles. The number of benzene rings is 1. The van der Waals surface area contributed by atoms with Crippen molar-refractivity contribution in [1.29, 1.82) is 0 Å². The molecule has 1 saturated heterocycles. The van der Waals surface area contributed by atoms with Gasteiger partial charge in [0.25, 0.3) is 5.69 Å². The molecule has 1 N–H and O–H groups in total. The molecule has 0 spiro atoms. The molecule has 1 aliphatic heterocycles. The van der Waals surface area contributed by atoms with Crippen molar-refractivity contribution < 1.29 is 19.6 Å². The summed E-state index contributed by atoms with van der Waals surface area (Å²) in [5, 5.41) is 20.1. The molecular formula is C14H18N2O5. The maximum atomic E-state index is 11.2. The molecule has 0 saturated carbocycles.